The van der Waals surface area contributed by atoms with Gasteiger partial charge in [0.25, 0.3) is 5.91 Å². The Bertz CT molecular complexity index is 581. The molecule has 0 aromatic heterocycles. The lowest BCUT2D eigenvalue weighted by Gasteiger charge is -2.21. The van der Waals surface area contributed by atoms with Crippen molar-refractivity contribution in [3.63, 3.8) is 0 Å². The molecule has 5 nitrogen and oxygen atoms in total. The Balaban J connectivity index is 1.88. The van der Waals surface area contributed by atoms with Gasteiger partial charge in [0.2, 0.25) is 11.8 Å². The molecule has 1 atom stereocenters. The quantitative estimate of drug-likeness (QED) is 0.843. The summed E-state index contributed by atoms with van der Waals surface area (Å²) in [6.07, 6.45) is 1.00. The maximum Gasteiger partial charge on any atom is 0.293 e. The van der Waals surface area contributed by atoms with E-state index >= 15 is 0 Å². The van der Waals surface area contributed by atoms with Crippen LogP contribution in [0.1, 0.15) is 18.1 Å². The summed E-state index contributed by atoms with van der Waals surface area (Å²) in [6.45, 7) is 1.59. The minimum atomic E-state index is -0.956. The number of rotatable bonds is 2. The Morgan fingerprint density at radius 1 is 1.37 bits per heavy atom. The van der Waals surface area contributed by atoms with Gasteiger partial charge in [0.15, 0.2) is 5.60 Å². The normalized spacial score (nSPS) is 20.9. The number of carbonyl (C=O) groups excluding carboxylic acids is 2. The number of ether oxygens (including phenoxy) is 1. The number of fused-ring (bicyclic) bond motifs is 1. The van der Waals surface area contributed by atoms with Crippen molar-refractivity contribution in [1.29, 1.82) is 0 Å². The second kappa shape index (κ2) is 3.91. The zero-order valence-electron chi connectivity index (χ0n) is 10.6. The lowest BCUT2D eigenvalue weighted by atomic mass is 10.00. The average Bonchev–Trinajstić information content (AvgIpc) is 2.90. The number of nitrogens with two attached hydrogens (primary N) is 1. The molecule has 1 unspecified atom stereocenters. The summed E-state index contributed by atoms with van der Waals surface area (Å²) in [5, 5.41) is 0. The number of primary amides is 1. The maximum atomic E-state index is 12.1. The topological polar surface area (TPSA) is 81.8 Å². The number of hydrogen-bond acceptors (Lipinski definition) is 3. The third kappa shape index (κ3) is 1.73. The second-order valence-electron chi connectivity index (χ2n) is 5.10. The number of amides is 2. The molecule has 1 aliphatic carbocycles. The van der Waals surface area contributed by atoms with Gasteiger partial charge in [0.05, 0.1) is 0 Å². The average molecular weight is 258 g/mol. The summed E-state index contributed by atoms with van der Waals surface area (Å²) in [5.74, 6) is -1.39. The first-order valence-corrected chi connectivity index (χ1v) is 6.20. The van der Waals surface area contributed by atoms with E-state index in [9.17, 15) is 9.59 Å². The van der Waals surface area contributed by atoms with Gasteiger partial charge in [-0.1, -0.05) is 24.3 Å². The van der Waals surface area contributed by atoms with Crippen LogP contribution in [0.2, 0.25) is 0 Å². The van der Waals surface area contributed by atoms with E-state index in [1.807, 2.05) is 24.3 Å². The monoisotopic (exact) mass is 258 g/mol. The van der Waals surface area contributed by atoms with Crippen LogP contribution in [0.25, 0.3) is 0 Å². The van der Waals surface area contributed by atoms with Crippen LogP contribution in [0.5, 0.6) is 0 Å². The second-order valence-corrected chi connectivity index (χ2v) is 5.10. The van der Waals surface area contributed by atoms with Gasteiger partial charge in [-0.25, -0.2) is 0 Å². The van der Waals surface area contributed by atoms with Crippen LogP contribution in [-0.4, -0.2) is 23.3 Å². The molecule has 2 N–H and O–H groups in total. The molecule has 0 fully saturated rings. The molecule has 2 aliphatic rings. The SMILES string of the molecule is CC(C(N)=O)C1=NC(=O)C2(Cc3ccccc3C2)O1. The molecule has 19 heavy (non-hydrogen) atoms. The minimum absolute atomic E-state index is 0.144. The highest BCUT2D eigenvalue weighted by molar-refractivity contribution is 6.09. The lowest BCUT2D eigenvalue weighted by molar-refractivity contribution is -0.130. The predicted molar refractivity (Wildman–Crippen MR) is 68.5 cm³/mol. The molecular formula is C14H14N2O3. The summed E-state index contributed by atoms with van der Waals surface area (Å²) in [4.78, 5) is 27.2. The van der Waals surface area contributed by atoms with Crippen LogP contribution in [0.4, 0.5) is 0 Å². The summed E-state index contributed by atoms with van der Waals surface area (Å²) < 4.78 is 5.73. The molecule has 1 heterocycles. The first-order chi connectivity index (χ1) is 9.02. The van der Waals surface area contributed by atoms with Gasteiger partial charge in [0.1, 0.15) is 5.92 Å². The fourth-order valence-corrected chi connectivity index (χ4v) is 2.58. The smallest absolute Gasteiger partial charge is 0.293 e. The molecule has 98 valence electrons. The van der Waals surface area contributed by atoms with Crippen molar-refractivity contribution in [2.45, 2.75) is 25.4 Å². The fraction of sp³-hybridized carbons (Fsp3) is 0.357. The summed E-state index contributed by atoms with van der Waals surface area (Å²) >= 11 is 0. The van der Waals surface area contributed by atoms with Crippen molar-refractivity contribution in [2.24, 2.45) is 16.6 Å². The standard InChI is InChI=1S/C14H14N2O3/c1-8(11(15)17)12-16-13(18)14(19-12)6-9-4-2-3-5-10(9)7-14/h2-5,8H,6-7H2,1H3,(H2,15,17). The van der Waals surface area contributed by atoms with E-state index in [0.717, 1.165) is 11.1 Å². The molecule has 0 radical (unpaired) electrons. The van der Waals surface area contributed by atoms with E-state index in [0.29, 0.717) is 12.8 Å². The summed E-state index contributed by atoms with van der Waals surface area (Å²) in [6, 6.07) is 7.84. The van der Waals surface area contributed by atoms with Crippen LogP contribution in [0.3, 0.4) is 0 Å². The zero-order valence-corrected chi connectivity index (χ0v) is 10.6. The number of hydrogen-bond donors (Lipinski definition) is 1. The zero-order chi connectivity index (χ0) is 13.6. The van der Waals surface area contributed by atoms with Crippen molar-refractivity contribution in [2.75, 3.05) is 0 Å². The third-order valence-corrected chi connectivity index (χ3v) is 3.77. The lowest BCUT2D eigenvalue weighted by Crippen LogP contribution is -2.39. The molecule has 1 spiro atoms. The molecule has 1 aliphatic heterocycles. The Morgan fingerprint density at radius 3 is 2.47 bits per heavy atom. The van der Waals surface area contributed by atoms with Crippen molar-refractivity contribution in [3.8, 4) is 0 Å². The van der Waals surface area contributed by atoms with Gasteiger partial charge in [-0.15, -0.1) is 0 Å². The molecule has 5 heteroatoms. The van der Waals surface area contributed by atoms with E-state index in [1.165, 1.54) is 0 Å². The Hall–Kier alpha value is -2.17. The van der Waals surface area contributed by atoms with Gasteiger partial charge in [-0.3, -0.25) is 9.59 Å². The number of carbonyl (C=O) groups is 2. The van der Waals surface area contributed by atoms with Crippen LogP contribution >= 0.6 is 0 Å². The third-order valence-electron chi connectivity index (χ3n) is 3.77. The van der Waals surface area contributed by atoms with Gasteiger partial charge < -0.3 is 10.5 Å². The van der Waals surface area contributed by atoms with Crippen LogP contribution < -0.4 is 5.73 Å². The van der Waals surface area contributed by atoms with E-state index in [4.69, 9.17) is 10.5 Å². The molecule has 1 aromatic rings. The van der Waals surface area contributed by atoms with Crippen molar-refractivity contribution in [1.82, 2.24) is 0 Å². The summed E-state index contributed by atoms with van der Waals surface area (Å²) in [5.41, 5.74) is 6.46. The predicted octanol–water partition coefficient (Wildman–Crippen LogP) is 0.601. The maximum absolute atomic E-state index is 12.1. The highest BCUT2D eigenvalue weighted by Gasteiger charge is 2.51. The van der Waals surface area contributed by atoms with E-state index < -0.39 is 17.4 Å². The minimum Gasteiger partial charge on any atom is -0.463 e. The van der Waals surface area contributed by atoms with E-state index in [-0.39, 0.29) is 11.8 Å². The summed E-state index contributed by atoms with van der Waals surface area (Å²) in [7, 11) is 0. The van der Waals surface area contributed by atoms with E-state index in [2.05, 4.69) is 4.99 Å². The van der Waals surface area contributed by atoms with E-state index in [1.54, 1.807) is 6.92 Å². The first-order valence-electron chi connectivity index (χ1n) is 6.20. The molecule has 2 amide bonds. The van der Waals surface area contributed by atoms with Crippen molar-refractivity contribution < 1.29 is 14.3 Å². The molecule has 0 saturated heterocycles. The number of nitrogens with zero attached hydrogens (tertiary/aromatic N) is 1. The van der Waals surface area contributed by atoms with Crippen molar-refractivity contribution in [3.05, 3.63) is 35.4 Å². The fourth-order valence-electron chi connectivity index (χ4n) is 2.58. The van der Waals surface area contributed by atoms with Gasteiger partial charge >= 0.3 is 0 Å². The first kappa shape index (κ1) is 11.9. The highest BCUT2D eigenvalue weighted by Crippen LogP contribution is 2.37. The molecule has 1 aromatic carbocycles. The number of benzene rings is 1. The van der Waals surface area contributed by atoms with Gasteiger partial charge in [-0.2, -0.15) is 4.99 Å². The van der Waals surface area contributed by atoms with Gasteiger partial charge in [0, 0.05) is 12.8 Å². The Labute approximate surface area is 110 Å². The molecule has 3 rings (SSSR count). The molecular weight excluding hydrogens is 244 g/mol. The number of aliphatic imine (C=N–C) groups is 1. The molecule has 0 saturated carbocycles. The Morgan fingerprint density at radius 2 is 1.95 bits per heavy atom. The largest absolute Gasteiger partial charge is 0.463 e. The van der Waals surface area contributed by atoms with Crippen molar-refractivity contribution >= 4 is 17.7 Å². The van der Waals surface area contributed by atoms with Gasteiger partial charge in [-0.05, 0) is 18.1 Å². The highest BCUT2D eigenvalue weighted by atomic mass is 16.5. The Kier molecular flexibility index (Phi) is 2.45. The van der Waals surface area contributed by atoms with Crippen LogP contribution in [0, 0.1) is 5.92 Å². The van der Waals surface area contributed by atoms with Crippen LogP contribution in [-0.2, 0) is 27.2 Å². The molecule has 0 bridgehead atoms. The van der Waals surface area contributed by atoms with Crippen LogP contribution in [0.15, 0.2) is 29.3 Å².